The molecule has 2 aromatic heterocycles. The van der Waals surface area contributed by atoms with Crippen molar-refractivity contribution in [1.29, 1.82) is 0 Å². The van der Waals surface area contributed by atoms with E-state index in [-0.39, 0.29) is 39.0 Å². The van der Waals surface area contributed by atoms with Crippen LogP contribution in [0.2, 0.25) is 0 Å². The van der Waals surface area contributed by atoms with Crippen LogP contribution in [0.1, 0.15) is 128 Å². The van der Waals surface area contributed by atoms with Gasteiger partial charge in [-0.1, -0.05) is 84.4 Å². The van der Waals surface area contributed by atoms with E-state index in [2.05, 4.69) is 93.1 Å². The van der Waals surface area contributed by atoms with Crippen molar-refractivity contribution in [3.63, 3.8) is 0 Å². The number of fused-ring (bicyclic) bond motifs is 8. The number of hydrogen-bond acceptors (Lipinski definition) is 6. The number of aromatic nitrogens is 3. The van der Waals surface area contributed by atoms with Gasteiger partial charge in [0.25, 0.3) is 0 Å². The summed E-state index contributed by atoms with van der Waals surface area (Å²) in [4.78, 5) is 21.1. The number of carbonyl (C=O) groups excluding carboxylic acids is 1. The number of carbonyl (C=O) groups is 1. The van der Waals surface area contributed by atoms with E-state index in [0.29, 0.717) is 24.3 Å². The van der Waals surface area contributed by atoms with Gasteiger partial charge in [0, 0.05) is 48.7 Å². The number of nitrogens with two attached hydrogens (primary N) is 1. The molecule has 8 nitrogen and oxygen atoms in total. The fraction of sp³-hybridized carbons (Fsp3) is 0.660. The minimum absolute atomic E-state index is 0.0216. The summed E-state index contributed by atoms with van der Waals surface area (Å²) >= 11 is 0. The van der Waals surface area contributed by atoms with Crippen LogP contribution in [-0.2, 0) is 39.3 Å². The largest absolute Gasteiger partial charge is 0.460 e. The molecule has 55 heavy (non-hydrogen) atoms. The molecule has 1 aromatic carbocycles. The topological polar surface area (TPSA) is 109 Å². The molecule has 9 rings (SSSR count). The molecule has 1 unspecified atom stereocenters. The number of anilines is 1. The maximum atomic E-state index is 14.9. The highest BCUT2D eigenvalue weighted by molar-refractivity contribution is 5.82. The monoisotopic (exact) mass is 748 g/mol. The van der Waals surface area contributed by atoms with Gasteiger partial charge in [-0.3, -0.25) is 14.8 Å². The number of benzene rings is 1. The van der Waals surface area contributed by atoms with E-state index in [9.17, 15) is 4.79 Å². The fourth-order valence-corrected chi connectivity index (χ4v) is 14.1. The fourth-order valence-electron chi connectivity index (χ4n) is 14.1. The zero-order chi connectivity index (χ0) is 38.6. The highest BCUT2D eigenvalue weighted by Crippen LogP contribution is 2.77. The van der Waals surface area contributed by atoms with Gasteiger partial charge in [0.2, 0.25) is 0 Å². The van der Waals surface area contributed by atoms with Gasteiger partial charge in [-0.15, -0.1) is 0 Å². The van der Waals surface area contributed by atoms with Crippen LogP contribution in [0.3, 0.4) is 0 Å². The first-order valence-electron chi connectivity index (χ1n) is 21.4. The minimum Gasteiger partial charge on any atom is -0.460 e. The number of hydrogen-bond donors (Lipinski definition) is 3. The van der Waals surface area contributed by atoms with Crippen molar-refractivity contribution in [2.24, 2.45) is 44.8 Å². The number of nitrogens with one attached hydrogen (secondary N) is 2. The van der Waals surface area contributed by atoms with Gasteiger partial charge in [0.15, 0.2) is 0 Å². The van der Waals surface area contributed by atoms with Gasteiger partial charge in [0.05, 0.1) is 18.6 Å². The molecule has 1 aliphatic heterocycles. The highest BCUT2D eigenvalue weighted by Gasteiger charge is 2.70. The first-order valence-corrected chi connectivity index (χ1v) is 21.4. The van der Waals surface area contributed by atoms with E-state index >= 15 is 0 Å². The lowest BCUT2D eigenvalue weighted by molar-refractivity contribution is -0.181. The quantitative estimate of drug-likeness (QED) is 0.217. The van der Waals surface area contributed by atoms with Gasteiger partial charge in [-0.25, -0.2) is 0 Å². The lowest BCUT2D eigenvalue weighted by Gasteiger charge is -2.71. The van der Waals surface area contributed by atoms with E-state index in [1.165, 1.54) is 40.8 Å². The Labute approximate surface area is 328 Å². The number of H-pyrrole nitrogens is 2. The molecule has 7 atom stereocenters. The Hall–Kier alpha value is -3.36. The van der Waals surface area contributed by atoms with Gasteiger partial charge in [-0.05, 0) is 119 Å². The Morgan fingerprint density at radius 3 is 2.47 bits per heavy atom. The molecule has 1 saturated heterocycles. The van der Waals surface area contributed by atoms with Crippen LogP contribution in [0.5, 0.6) is 0 Å². The number of rotatable bonds is 6. The van der Waals surface area contributed by atoms with E-state index in [1.54, 1.807) is 5.57 Å². The number of nitrogens with zero attached hydrogens (tertiary/aromatic N) is 2. The van der Waals surface area contributed by atoms with E-state index < -0.39 is 5.41 Å². The molecule has 0 spiro atoms. The second kappa shape index (κ2) is 12.8. The van der Waals surface area contributed by atoms with Crippen LogP contribution < -0.4 is 5.73 Å². The number of nitrogen functional groups attached to an aromatic ring is 1. The number of morpholine rings is 1. The molecule has 3 saturated carbocycles. The van der Waals surface area contributed by atoms with Gasteiger partial charge in [0.1, 0.15) is 12.4 Å². The van der Waals surface area contributed by atoms with Gasteiger partial charge in [-0.2, -0.15) is 5.10 Å². The third-order valence-corrected chi connectivity index (χ3v) is 17.2. The van der Waals surface area contributed by atoms with Gasteiger partial charge >= 0.3 is 5.97 Å². The number of esters is 1. The van der Waals surface area contributed by atoms with Crippen LogP contribution in [0.25, 0.3) is 5.57 Å². The summed E-state index contributed by atoms with van der Waals surface area (Å²) in [6, 6.07) is 10.2. The van der Waals surface area contributed by atoms with Crippen LogP contribution in [0, 0.1) is 44.8 Å². The molecule has 4 N–H and O–H groups in total. The van der Waals surface area contributed by atoms with Crippen molar-refractivity contribution in [1.82, 2.24) is 20.1 Å². The maximum Gasteiger partial charge on any atom is 0.313 e. The van der Waals surface area contributed by atoms with Crippen LogP contribution in [0.4, 0.5) is 5.82 Å². The number of aromatic amines is 2. The highest BCUT2D eigenvalue weighted by atomic mass is 16.5. The molecule has 0 radical (unpaired) electrons. The minimum atomic E-state index is -0.525. The first kappa shape index (κ1) is 37.2. The lowest BCUT2D eigenvalue weighted by Crippen LogP contribution is -2.65. The zero-order valence-electron chi connectivity index (χ0n) is 34.6. The Bertz CT molecular complexity index is 1990. The van der Waals surface area contributed by atoms with Crippen molar-refractivity contribution < 1.29 is 14.3 Å². The molecule has 4 fully saturated rings. The van der Waals surface area contributed by atoms with E-state index in [1.807, 2.05) is 18.2 Å². The Morgan fingerprint density at radius 2 is 1.71 bits per heavy atom. The molecule has 8 heteroatoms. The standard InChI is InChI=1S/C47H65N5O3/c1-42(2)15-17-47(41(53)55-29-30-11-9-8-10-12-30)18-16-46(7)38(35(47)25-42)32(34-27-49-26-31(34)28-52-19-21-54-22-20-52)23-37-44(5)24-33-39(50-51-40(33)48)43(3,4)36(44)13-14-45(37,46)6/h8-12,26-27,35-37,49H,13-25,28-29H2,1-7H3,(H3,48,50,51)/t35-,36-,37?,44-,45+,46+,47-/m0/s1. The van der Waals surface area contributed by atoms with Crippen molar-refractivity contribution in [2.45, 2.75) is 125 Å². The molecular weight excluding hydrogens is 683 g/mol. The smallest absolute Gasteiger partial charge is 0.313 e. The number of ether oxygens (including phenoxy) is 2. The first-order chi connectivity index (χ1) is 26.1. The van der Waals surface area contributed by atoms with Crippen molar-refractivity contribution in [3.8, 4) is 0 Å². The maximum absolute atomic E-state index is 14.9. The van der Waals surface area contributed by atoms with Crippen LogP contribution in [-0.4, -0.2) is 52.4 Å². The van der Waals surface area contributed by atoms with Crippen molar-refractivity contribution >= 4 is 17.4 Å². The molecule has 0 amide bonds. The van der Waals surface area contributed by atoms with Crippen LogP contribution in [0.15, 0.2) is 48.3 Å². The molecule has 3 aromatic rings. The summed E-state index contributed by atoms with van der Waals surface area (Å²) in [5.41, 5.74) is 15.6. The summed E-state index contributed by atoms with van der Waals surface area (Å²) in [5, 5.41) is 8.01. The summed E-state index contributed by atoms with van der Waals surface area (Å²) in [6.45, 7) is 22.4. The normalized spacial score (nSPS) is 36.5. The Morgan fingerprint density at radius 1 is 0.964 bits per heavy atom. The average Bonchev–Trinajstić information content (AvgIpc) is 3.77. The average molecular weight is 748 g/mol. The Kier molecular flexibility index (Phi) is 8.68. The third-order valence-electron chi connectivity index (χ3n) is 17.2. The Balaban J connectivity index is 1.22. The second-order valence-corrected chi connectivity index (χ2v) is 20.8. The SMILES string of the molecule is CC1(C)CC[C@]2(C(=O)OCc3ccccc3)CC[C@]3(C)C(=C(c4c[nH]cc4CN4CCOCC4)CC4[C@@]5(C)Cc6c(N)n[nH]c6C(C)(C)[C@@H]5CC[C@]43C)[C@@H]2C1. The van der Waals surface area contributed by atoms with Crippen molar-refractivity contribution in [2.75, 3.05) is 32.0 Å². The van der Waals surface area contributed by atoms with E-state index in [0.717, 1.165) is 83.4 Å². The molecule has 6 aliphatic rings. The summed E-state index contributed by atoms with van der Waals surface area (Å²) in [5.74, 6) is 1.76. The lowest BCUT2D eigenvalue weighted by atomic mass is 9.32. The molecular formula is C47H65N5O3. The zero-order valence-corrected chi connectivity index (χ0v) is 34.6. The third kappa shape index (κ3) is 5.50. The summed E-state index contributed by atoms with van der Waals surface area (Å²) in [7, 11) is 0. The van der Waals surface area contributed by atoms with E-state index in [4.69, 9.17) is 15.2 Å². The van der Waals surface area contributed by atoms with Gasteiger partial charge < -0.3 is 20.2 Å². The molecule has 5 aliphatic carbocycles. The predicted molar refractivity (Wildman–Crippen MR) is 218 cm³/mol. The second-order valence-electron chi connectivity index (χ2n) is 20.8. The molecule has 296 valence electrons. The van der Waals surface area contributed by atoms with Crippen LogP contribution >= 0.6 is 0 Å². The number of allylic oxidation sites excluding steroid dienone is 2. The molecule has 0 bridgehead atoms. The van der Waals surface area contributed by atoms with Crippen molar-refractivity contribution in [3.05, 3.63) is 76.2 Å². The summed E-state index contributed by atoms with van der Waals surface area (Å²) < 4.78 is 12.2. The molecule has 3 heterocycles. The predicted octanol–water partition coefficient (Wildman–Crippen LogP) is 9.24. The summed E-state index contributed by atoms with van der Waals surface area (Å²) in [6.07, 6.45) is 13.7.